The highest BCUT2D eigenvalue weighted by atomic mass is 79.9. The van der Waals surface area contributed by atoms with Crippen LogP contribution in [-0.2, 0) is 11.3 Å². The molecule has 0 bridgehead atoms. The van der Waals surface area contributed by atoms with E-state index in [0.29, 0.717) is 5.69 Å². The molecule has 0 radical (unpaired) electrons. The lowest BCUT2D eigenvalue weighted by Crippen LogP contribution is -2.26. The molecule has 0 aliphatic carbocycles. The van der Waals surface area contributed by atoms with Gasteiger partial charge in [0.1, 0.15) is 6.54 Å². The second kappa shape index (κ2) is 5.64. The summed E-state index contributed by atoms with van der Waals surface area (Å²) in [5.74, 6) is -0.241. The number of amides is 1. The number of halogens is 1. The van der Waals surface area contributed by atoms with Gasteiger partial charge in [0.2, 0.25) is 5.91 Å². The van der Waals surface area contributed by atoms with Crippen LogP contribution >= 0.6 is 15.9 Å². The van der Waals surface area contributed by atoms with Crippen molar-refractivity contribution in [3.8, 4) is 0 Å². The molecule has 0 atom stereocenters. The number of nitrogens with zero attached hydrogens (tertiary/aromatic N) is 1. The van der Waals surface area contributed by atoms with E-state index in [0.717, 1.165) is 4.47 Å². The molecular formula is C13H11BrN2O2. The van der Waals surface area contributed by atoms with Crippen molar-refractivity contribution >= 4 is 27.5 Å². The summed E-state index contributed by atoms with van der Waals surface area (Å²) in [4.78, 5) is 23.2. The Morgan fingerprint density at radius 3 is 2.61 bits per heavy atom. The molecule has 4 nitrogen and oxygen atoms in total. The van der Waals surface area contributed by atoms with Gasteiger partial charge >= 0.3 is 0 Å². The maximum Gasteiger partial charge on any atom is 0.250 e. The molecule has 1 heterocycles. The first-order chi connectivity index (χ1) is 8.66. The van der Waals surface area contributed by atoms with E-state index >= 15 is 0 Å². The van der Waals surface area contributed by atoms with Crippen LogP contribution in [0.15, 0.2) is 57.9 Å². The molecule has 1 amide bonds. The second-order valence-corrected chi connectivity index (χ2v) is 4.55. The number of benzene rings is 1. The van der Waals surface area contributed by atoms with E-state index in [1.165, 1.54) is 10.6 Å². The number of para-hydroxylation sites is 1. The van der Waals surface area contributed by atoms with Crippen LogP contribution in [0.25, 0.3) is 0 Å². The Morgan fingerprint density at radius 1 is 1.17 bits per heavy atom. The third-order valence-corrected chi connectivity index (χ3v) is 3.05. The van der Waals surface area contributed by atoms with Gasteiger partial charge in [-0.25, -0.2) is 0 Å². The monoisotopic (exact) mass is 306 g/mol. The Hall–Kier alpha value is -1.88. The van der Waals surface area contributed by atoms with Gasteiger partial charge in [0.15, 0.2) is 0 Å². The molecule has 2 aromatic rings. The summed E-state index contributed by atoms with van der Waals surface area (Å²) in [5, 5.41) is 2.74. The number of rotatable bonds is 3. The van der Waals surface area contributed by atoms with E-state index in [1.54, 1.807) is 24.4 Å². The smallest absolute Gasteiger partial charge is 0.250 e. The van der Waals surface area contributed by atoms with Crippen molar-refractivity contribution in [2.24, 2.45) is 0 Å². The Kier molecular flexibility index (Phi) is 3.94. The van der Waals surface area contributed by atoms with Crippen molar-refractivity contribution in [3.63, 3.8) is 0 Å². The Morgan fingerprint density at radius 2 is 1.89 bits per heavy atom. The van der Waals surface area contributed by atoms with Gasteiger partial charge in [0, 0.05) is 16.7 Å². The zero-order valence-corrected chi connectivity index (χ0v) is 11.1. The van der Waals surface area contributed by atoms with Gasteiger partial charge < -0.3 is 9.88 Å². The average Bonchev–Trinajstić information content (AvgIpc) is 2.35. The number of hydrogen-bond acceptors (Lipinski definition) is 2. The molecule has 1 N–H and O–H groups in total. The van der Waals surface area contributed by atoms with E-state index in [-0.39, 0.29) is 18.0 Å². The lowest BCUT2D eigenvalue weighted by Gasteiger charge is -2.08. The zero-order chi connectivity index (χ0) is 13.0. The molecule has 1 aromatic heterocycles. The van der Waals surface area contributed by atoms with E-state index < -0.39 is 0 Å². The molecule has 0 saturated carbocycles. The second-order valence-electron chi connectivity index (χ2n) is 3.69. The lowest BCUT2D eigenvalue weighted by atomic mass is 10.3. The zero-order valence-electron chi connectivity index (χ0n) is 9.47. The Balaban J connectivity index is 2.09. The van der Waals surface area contributed by atoms with Crippen LogP contribution in [0.5, 0.6) is 0 Å². The summed E-state index contributed by atoms with van der Waals surface area (Å²) in [6.45, 7) is 0.001000. The predicted octanol–water partition coefficient (Wildman–Crippen LogP) is 2.25. The number of nitrogens with one attached hydrogen (secondary N) is 1. The third-order valence-electron chi connectivity index (χ3n) is 2.36. The molecule has 18 heavy (non-hydrogen) atoms. The fraction of sp³-hybridized carbons (Fsp3) is 0.0769. The molecule has 1 aromatic carbocycles. The van der Waals surface area contributed by atoms with Crippen LogP contribution in [-0.4, -0.2) is 10.5 Å². The first-order valence-electron chi connectivity index (χ1n) is 5.36. The number of anilines is 1. The van der Waals surface area contributed by atoms with Gasteiger partial charge in [-0.2, -0.15) is 0 Å². The molecule has 0 fully saturated rings. The van der Waals surface area contributed by atoms with Gasteiger partial charge in [-0.1, -0.05) is 18.2 Å². The lowest BCUT2D eigenvalue weighted by molar-refractivity contribution is -0.116. The van der Waals surface area contributed by atoms with Crippen LogP contribution < -0.4 is 10.9 Å². The minimum absolute atomic E-state index is 0.001000. The molecule has 0 saturated heterocycles. The molecule has 5 heteroatoms. The summed E-state index contributed by atoms with van der Waals surface area (Å²) in [6.07, 6.45) is 1.59. The number of carbonyl (C=O) groups is 1. The maximum atomic E-state index is 11.8. The first-order valence-corrected chi connectivity index (χ1v) is 6.16. The van der Waals surface area contributed by atoms with Crippen LogP contribution in [0.3, 0.4) is 0 Å². The van der Waals surface area contributed by atoms with E-state index in [9.17, 15) is 9.59 Å². The van der Waals surface area contributed by atoms with Crippen molar-refractivity contribution < 1.29 is 4.79 Å². The highest BCUT2D eigenvalue weighted by Gasteiger charge is 2.06. The number of aromatic nitrogens is 1. The van der Waals surface area contributed by atoms with Gasteiger partial charge in [-0.05, 0) is 34.1 Å². The van der Waals surface area contributed by atoms with Gasteiger partial charge in [0.25, 0.3) is 5.56 Å². The normalized spacial score (nSPS) is 10.1. The number of hydrogen-bond donors (Lipinski definition) is 1. The Bertz CT molecular complexity index is 622. The molecule has 0 aliphatic rings. The van der Waals surface area contributed by atoms with Crippen molar-refractivity contribution in [3.05, 3.63) is 63.5 Å². The van der Waals surface area contributed by atoms with E-state index in [4.69, 9.17) is 0 Å². The summed E-state index contributed by atoms with van der Waals surface area (Å²) in [7, 11) is 0. The van der Waals surface area contributed by atoms with Crippen LogP contribution in [0.4, 0.5) is 5.69 Å². The third kappa shape index (κ3) is 3.07. The fourth-order valence-corrected chi connectivity index (χ4v) is 1.88. The summed E-state index contributed by atoms with van der Waals surface area (Å²) in [5.41, 5.74) is 0.492. The topological polar surface area (TPSA) is 51.1 Å². The minimum atomic E-state index is -0.241. The number of pyridine rings is 1. The largest absolute Gasteiger partial charge is 0.324 e. The van der Waals surface area contributed by atoms with Gasteiger partial charge in [-0.15, -0.1) is 0 Å². The van der Waals surface area contributed by atoms with Gasteiger partial charge in [-0.3, -0.25) is 9.59 Å². The molecule has 0 spiro atoms. The highest BCUT2D eigenvalue weighted by molar-refractivity contribution is 9.10. The fourth-order valence-electron chi connectivity index (χ4n) is 1.50. The molecule has 0 unspecified atom stereocenters. The molecule has 0 aliphatic heterocycles. The van der Waals surface area contributed by atoms with E-state index in [1.807, 2.05) is 18.2 Å². The van der Waals surface area contributed by atoms with E-state index in [2.05, 4.69) is 21.2 Å². The first kappa shape index (κ1) is 12.6. The summed E-state index contributed by atoms with van der Waals surface area (Å²) in [6, 6.07) is 12.1. The van der Waals surface area contributed by atoms with Gasteiger partial charge in [0.05, 0.1) is 5.69 Å². The van der Waals surface area contributed by atoms with Crippen LogP contribution in [0, 0.1) is 0 Å². The van der Waals surface area contributed by atoms with Crippen molar-refractivity contribution in [2.75, 3.05) is 5.32 Å². The SMILES string of the molecule is O=C(Cn1ccccc1=O)Nc1ccccc1Br. The van der Waals surface area contributed by atoms with Crippen LogP contribution in [0.1, 0.15) is 0 Å². The number of carbonyl (C=O) groups excluding carboxylic acids is 1. The van der Waals surface area contributed by atoms with Crippen molar-refractivity contribution in [1.82, 2.24) is 4.57 Å². The average molecular weight is 307 g/mol. The standard InChI is InChI=1S/C13H11BrN2O2/c14-10-5-1-2-6-11(10)15-12(17)9-16-8-4-3-7-13(16)18/h1-8H,9H2,(H,15,17). The molecule has 2 rings (SSSR count). The quantitative estimate of drug-likeness (QED) is 0.945. The molecular weight excluding hydrogens is 296 g/mol. The summed E-state index contributed by atoms with van der Waals surface area (Å²) < 4.78 is 2.16. The summed E-state index contributed by atoms with van der Waals surface area (Å²) >= 11 is 3.34. The molecule has 92 valence electrons. The van der Waals surface area contributed by atoms with Crippen molar-refractivity contribution in [2.45, 2.75) is 6.54 Å². The predicted molar refractivity (Wildman–Crippen MR) is 73.5 cm³/mol. The highest BCUT2D eigenvalue weighted by Crippen LogP contribution is 2.20. The van der Waals surface area contributed by atoms with Crippen LogP contribution in [0.2, 0.25) is 0 Å². The van der Waals surface area contributed by atoms with Crippen molar-refractivity contribution in [1.29, 1.82) is 0 Å². The Labute approximate surface area is 112 Å². The maximum absolute atomic E-state index is 11.8. The minimum Gasteiger partial charge on any atom is -0.324 e.